The maximum absolute atomic E-state index is 4.42. The second kappa shape index (κ2) is 7.05. The van der Waals surface area contributed by atoms with Gasteiger partial charge >= 0.3 is 0 Å². The smallest absolute Gasteiger partial charge is 0.0798 e. The van der Waals surface area contributed by atoms with E-state index in [0.29, 0.717) is 6.04 Å². The van der Waals surface area contributed by atoms with Gasteiger partial charge in [0.1, 0.15) is 0 Å². The van der Waals surface area contributed by atoms with Crippen molar-refractivity contribution in [3.63, 3.8) is 0 Å². The van der Waals surface area contributed by atoms with Gasteiger partial charge in [-0.2, -0.15) is 0 Å². The van der Waals surface area contributed by atoms with Crippen LogP contribution >= 0.6 is 11.3 Å². The summed E-state index contributed by atoms with van der Waals surface area (Å²) in [5, 5.41) is 3.71. The van der Waals surface area contributed by atoms with Crippen molar-refractivity contribution < 1.29 is 0 Å². The van der Waals surface area contributed by atoms with Crippen molar-refractivity contribution in [3.8, 4) is 0 Å². The molecule has 1 aromatic heterocycles. The lowest BCUT2D eigenvalue weighted by molar-refractivity contribution is 0.571. The van der Waals surface area contributed by atoms with Gasteiger partial charge in [-0.05, 0) is 45.6 Å². The molecule has 2 nitrogen and oxygen atoms in total. The molecule has 0 saturated heterocycles. The topological polar surface area (TPSA) is 24.9 Å². The van der Waals surface area contributed by atoms with Gasteiger partial charge in [0.05, 0.1) is 17.2 Å². The zero-order chi connectivity index (χ0) is 12.8. The quantitative estimate of drug-likeness (QED) is 0.798. The van der Waals surface area contributed by atoms with Gasteiger partial charge in [-0.25, -0.2) is 4.98 Å². The number of hydrogen-bond donors (Lipinski definition) is 1. The van der Waals surface area contributed by atoms with Gasteiger partial charge in [0.25, 0.3) is 0 Å². The van der Waals surface area contributed by atoms with E-state index < -0.39 is 0 Å². The maximum Gasteiger partial charge on any atom is 0.0798 e. The first-order valence-electron chi connectivity index (χ1n) is 7.15. The average Bonchev–Trinajstić information content (AvgIpc) is 2.65. The number of nitrogens with one attached hydrogen (secondary N) is 1. The van der Waals surface area contributed by atoms with Crippen molar-refractivity contribution in [2.45, 2.75) is 58.4 Å². The third-order valence-corrected chi connectivity index (χ3v) is 4.59. The summed E-state index contributed by atoms with van der Waals surface area (Å²) in [5.41, 5.74) is 4.76. The predicted octanol–water partition coefficient (Wildman–Crippen LogP) is 4.38. The SMILES string of the molecule is CCCNC(C1=CCCCCC1)c1scnc1C. The van der Waals surface area contributed by atoms with Crippen LogP contribution in [0.4, 0.5) is 0 Å². The Balaban J connectivity index is 2.18. The molecule has 18 heavy (non-hydrogen) atoms. The van der Waals surface area contributed by atoms with Crippen molar-refractivity contribution in [1.82, 2.24) is 10.3 Å². The molecule has 0 saturated carbocycles. The summed E-state index contributed by atoms with van der Waals surface area (Å²) >= 11 is 1.79. The zero-order valence-corrected chi connectivity index (χ0v) is 12.4. The zero-order valence-electron chi connectivity index (χ0n) is 11.5. The molecule has 0 aromatic carbocycles. The van der Waals surface area contributed by atoms with Gasteiger partial charge in [0.2, 0.25) is 0 Å². The second-order valence-electron chi connectivity index (χ2n) is 5.07. The van der Waals surface area contributed by atoms with Crippen LogP contribution in [0.15, 0.2) is 17.2 Å². The number of aryl methyl sites for hydroxylation is 1. The van der Waals surface area contributed by atoms with Crippen LogP contribution in [0.3, 0.4) is 0 Å². The highest BCUT2D eigenvalue weighted by Crippen LogP contribution is 2.32. The monoisotopic (exact) mass is 264 g/mol. The molecule has 1 unspecified atom stereocenters. The van der Waals surface area contributed by atoms with Crippen molar-refractivity contribution in [2.75, 3.05) is 6.54 Å². The Morgan fingerprint density at radius 2 is 2.28 bits per heavy atom. The third kappa shape index (κ3) is 3.42. The largest absolute Gasteiger partial charge is 0.306 e. The van der Waals surface area contributed by atoms with E-state index in [-0.39, 0.29) is 0 Å². The lowest BCUT2D eigenvalue weighted by Gasteiger charge is -2.21. The third-order valence-electron chi connectivity index (χ3n) is 3.59. The van der Waals surface area contributed by atoms with E-state index in [1.54, 1.807) is 16.9 Å². The lowest BCUT2D eigenvalue weighted by Crippen LogP contribution is -2.24. The molecule has 100 valence electrons. The molecular weight excluding hydrogens is 240 g/mol. The Morgan fingerprint density at radius 1 is 1.39 bits per heavy atom. The van der Waals surface area contributed by atoms with Crippen molar-refractivity contribution >= 4 is 11.3 Å². The Bertz CT molecular complexity index is 395. The fourth-order valence-corrected chi connectivity index (χ4v) is 3.49. The Hall–Kier alpha value is -0.670. The first-order valence-corrected chi connectivity index (χ1v) is 8.03. The van der Waals surface area contributed by atoms with E-state index in [1.807, 2.05) is 5.51 Å². The lowest BCUT2D eigenvalue weighted by atomic mass is 9.99. The van der Waals surface area contributed by atoms with Gasteiger partial charge < -0.3 is 5.32 Å². The van der Waals surface area contributed by atoms with Crippen LogP contribution in [0.25, 0.3) is 0 Å². The van der Waals surface area contributed by atoms with Crippen LogP contribution in [0, 0.1) is 6.92 Å². The van der Waals surface area contributed by atoms with Gasteiger partial charge in [-0.3, -0.25) is 0 Å². The molecule has 0 bridgehead atoms. The average molecular weight is 264 g/mol. The van der Waals surface area contributed by atoms with Gasteiger partial charge in [0.15, 0.2) is 0 Å². The molecule has 1 aliphatic carbocycles. The number of aromatic nitrogens is 1. The molecule has 1 atom stereocenters. The molecule has 3 heteroatoms. The van der Waals surface area contributed by atoms with Gasteiger partial charge in [-0.15, -0.1) is 11.3 Å². The molecule has 1 aromatic rings. The molecule has 0 amide bonds. The highest BCUT2D eigenvalue weighted by molar-refractivity contribution is 7.09. The van der Waals surface area contributed by atoms with Crippen LogP contribution in [-0.4, -0.2) is 11.5 Å². The van der Waals surface area contributed by atoms with E-state index >= 15 is 0 Å². The van der Waals surface area contributed by atoms with E-state index in [2.05, 4.69) is 30.2 Å². The Labute approximate surface area is 115 Å². The summed E-state index contributed by atoms with van der Waals surface area (Å²) in [6, 6.07) is 0.413. The molecule has 0 radical (unpaired) electrons. The van der Waals surface area contributed by atoms with Gasteiger partial charge in [-0.1, -0.05) is 25.0 Å². The summed E-state index contributed by atoms with van der Waals surface area (Å²) < 4.78 is 0. The maximum atomic E-state index is 4.42. The fourth-order valence-electron chi connectivity index (χ4n) is 2.57. The minimum Gasteiger partial charge on any atom is -0.306 e. The number of rotatable bonds is 5. The fraction of sp³-hybridized carbons (Fsp3) is 0.667. The number of nitrogens with zero attached hydrogens (tertiary/aromatic N) is 1. The van der Waals surface area contributed by atoms with E-state index in [0.717, 1.165) is 6.54 Å². The summed E-state index contributed by atoms with van der Waals surface area (Å²) in [6.45, 7) is 5.44. The molecule has 0 aliphatic heterocycles. The highest BCUT2D eigenvalue weighted by atomic mass is 32.1. The molecule has 0 spiro atoms. The molecule has 1 N–H and O–H groups in total. The van der Waals surface area contributed by atoms with Crippen LogP contribution < -0.4 is 5.32 Å². The van der Waals surface area contributed by atoms with Gasteiger partial charge in [0, 0.05) is 4.88 Å². The number of hydrogen-bond acceptors (Lipinski definition) is 3. The molecule has 1 aliphatic rings. The second-order valence-corrected chi connectivity index (χ2v) is 5.95. The van der Waals surface area contributed by atoms with Crippen molar-refractivity contribution in [3.05, 3.63) is 27.7 Å². The first kappa shape index (κ1) is 13.8. The predicted molar refractivity (Wildman–Crippen MR) is 79.1 cm³/mol. The van der Waals surface area contributed by atoms with Crippen LogP contribution in [0.2, 0.25) is 0 Å². The highest BCUT2D eigenvalue weighted by Gasteiger charge is 2.20. The molecular formula is C15H24N2S. The summed E-state index contributed by atoms with van der Waals surface area (Å²) in [5.74, 6) is 0. The van der Waals surface area contributed by atoms with Crippen molar-refractivity contribution in [2.24, 2.45) is 0 Å². The van der Waals surface area contributed by atoms with Crippen molar-refractivity contribution in [1.29, 1.82) is 0 Å². The summed E-state index contributed by atoms with van der Waals surface area (Å²) in [7, 11) is 0. The number of allylic oxidation sites excluding steroid dienone is 1. The minimum atomic E-state index is 0.413. The van der Waals surface area contributed by atoms with E-state index in [1.165, 1.54) is 49.1 Å². The first-order chi connectivity index (χ1) is 8.83. The minimum absolute atomic E-state index is 0.413. The Morgan fingerprint density at radius 3 is 3.00 bits per heavy atom. The normalized spacial score (nSPS) is 18.2. The summed E-state index contributed by atoms with van der Waals surface area (Å²) in [4.78, 5) is 5.83. The van der Waals surface area contributed by atoms with E-state index in [4.69, 9.17) is 0 Å². The van der Waals surface area contributed by atoms with Crippen LogP contribution in [-0.2, 0) is 0 Å². The van der Waals surface area contributed by atoms with Crippen LogP contribution in [0.1, 0.15) is 62.1 Å². The molecule has 2 rings (SSSR count). The number of thiazole rings is 1. The summed E-state index contributed by atoms with van der Waals surface area (Å²) in [6.07, 6.45) is 10.2. The van der Waals surface area contributed by atoms with Crippen LogP contribution in [0.5, 0.6) is 0 Å². The Kier molecular flexibility index (Phi) is 5.39. The molecule has 1 heterocycles. The van der Waals surface area contributed by atoms with E-state index in [9.17, 15) is 0 Å². The molecule has 0 fully saturated rings. The standard InChI is InChI=1S/C15H24N2S/c1-3-10-16-14(15-12(2)17-11-18-15)13-8-6-4-5-7-9-13/h8,11,14,16H,3-7,9-10H2,1-2H3.